The fourth-order valence-corrected chi connectivity index (χ4v) is 3.15. The first-order valence-electron chi connectivity index (χ1n) is 9.12. The van der Waals surface area contributed by atoms with Crippen LogP contribution < -0.4 is 5.32 Å². The average Bonchev–Trinajstić information content (AvgIpc) is 2.45. The van der Waals surface area contributed by atoms with Crippen LogP contribution in [0.3, 0.4) is 0 Å². The van der Waals surface area contributed by atoms with Crippen molar-refractivity contribution in [1.82, 2.24) is 5.32 Å². The first kappa shape index (κ1) is 17.5. The predicted octanol–water partition coefficient (Wildman–Crippen LogP) is 5.36. The molecule has 118 valence electrons. The molecule has 1 N–H and O–H groups in total. The number of hydrogen-bond donors (Lipinski definition) is 1. The molecular weight excluding hydrogens is 246 g/mol. The summed E-state index contributed by atoms with van der Waals surface area (Å²) >= 11 is 0. The van der Waals surface area contributed by atoms with E-state index < -0.39 is 0 Å². The van der Waals surface area contributed by atoms with Crippen molar-refractivity contribution in [3.05, 3.63) is 0 Å². The molecule has 2 heteroatoms. The topological polar surface area (TPSA) is 29.1 Å². The quantitative estimate of drug-likeness (QED) is 0.480. The van der Waals surface area contributed by atoms with Crippen LogP contribution in [0.15, 0.2) is 0 Å². The fraction of sp³-hybridized carbons (Fsp3) is 0.944. The summed E-state index contributed by atoms with van der Waals surface area (Å²) in [6.07, 6.45) is 19.6. The van der Waals surface area contributed by atoms with Crippen LogP contribution in [0.5, 0.6) is 0 Å². The third kappa shape index (κ3) is 9.39. The zero-order valence-electron chi connectivity index (χ0n) is 13.6. The van der Waals surface area contributed by atoms with Crippen LogP contribution in [0.1, 0.15) is 103 Å². The van der Waals surface area contributed by atoms with E-state index in [-0.39, 0.29) is 5.91 Å². The Bertz CT molecular complexity index is 240. The van der Waals surface area contributed by atoms with Crippen molar-refractivity contribution in [3.63, 3.8) is 0 Å². The van der Waals surface area contributed by atoms with Gasteiger partial charge in [-0.15, -0.1) is 0 Å². The molecule has 1 unspecified atom stereocenters. The van der Waals surface area contributed by atoms with Crippen LogP contribution in [-0.4, -0.2) is 11.9 Å². The molecule has 1 rings (SSSR count). The number of piperidine rings is 1. The number of hydrogen-bond acceptors (Lipinski definition) is 1. The van der Waals surface area contributed by atoms with Crippen LogP contribution in [0.2, 0.25) is 0 Å². The highest BCUT2D eigenvalue weighted by Gasteiger charge is 2.16. The maximum atomic E-state index is 11.3. The summed E-state index contributed by atoms with van der Waals surface area (Å²) in [6, 6.07) is 0.481. The minimum absolute atomic E-state index is 0.268. The molecule has 0 aromatic heterocycles. The van der Waals surface area contributed by atoms with E-state index in [0.29, 0.717) is 6.04 Å². The van der Waals surface area contributed by atoms with E-state index in [0.717, 1.165) is 12.8 Å². The minimum Gasteiger partial charge on any atom is -0.353 e. The lowest BCUT2D eigenvalue weighted by Gasteiger charge is -2.23. The van der Waals surface area contributed by atoms with E-state index in [1.54, 1.807) is 0 Å². The molecule has 0 saturated carbocycles. The molecule has 0 aromatic carbocycles. The zero-order chi connectivity index (χ0) is 14.5. The van der Waals surface area contributed by atoms with Crippen LogP contribution >= 0.6 is 0 Å². The average molecular weight is 281 g/mol. The molecule has 0 aliphatic carbocycles. The first-order valence-corrected chi connectivity index (χ1v) is 9.12. The van der Waals surface area contributed by atoms with Crippen molar-refractivity contribution >= 4 is 5.91 Å². The van der Waals surface area contributed by atoms with Crippen molar-refractivity contribution < 1.29 is 4.79 Å². The molecule has 1 atom stereocenters. The van der Waals surface area contributed by atoms with Gasteiger partial charge in [0.25, 0.3) is 0 Å². The Morgan fingerprint density at radius 2 is 1.45 bits per heavy atom. The van der Waals surface area contributed by atoms with Gasteiger partial charge in [-0.25, -0.2) is 0 Å². The molecule has 1 aliphatic heterocycles. The highest BCUT2D eigenvalue weighted by atomic mass is 16.1. The molecular formula is C18H35NO. The number of unbranched alkanes of at least 4 members (excludes halogenated alkanes) is 10. The normalized spacial score (nSPS) is 19.1. The van der Waals surface area contributed by atoms with Crippen molar-refractivity contribution in [2.45, 2.75) is 109 Å². The van der Waals surface area contributed by atoms with Crippen LogP contribution in [0, 0.1) is 0 Å². The van der Waals surface area contributed by atoms with Gasteiger partial charge in [0.1, 0.15) is 0 Å². The second kappa shape index (κ2) is 12.2. The first-order chi connectivity index (χ1) is 9.83. The minimum atomic E-state index is 0.268. The van der Waals surface area contributed by atoms with Crippen LogP contribution in [0.4, 0.5) is 0 Å². The Labute approximate surface area is 126 Å². The van der Waals surface area contributed by atoms with Gasteiger partial charge in [-0.3, -0.25) is 4.79 Å². The Balaban J connectivity index is 1.77. The van der Waals surface area contributed by atoms with Gasteiger partial charge in [0.15, 0.2) is 0 Å². The van der Waals surface area contributed by atoms with Crippen molar-refractivity contribution in [2.24, 2.45) is 0 Å². The molecule has 0 radical (unpaired) electrons. The highest BCUT2D eigenvalue weighted by molar-refractivity contribution is 5.76. The third-order valence-corrected chi connectivity index (χ3v) is 4.48. The predicted molar refractivity (Wildman–Crippen MR) is 86.9 cm³/mol. The van der Waals surface area contributed by atoms with E-state index in [1.165, 1.54) is 83.5 Å². The second-order valence-electron chi connectivity index (χ2n) is 6.48. The van der Waals surface area contributed by atoms with E-state index in [4.69, 9.17) is 0 Å². The summed E-state index contributed by atoms with van der Waals surface area (Å²) in [5.41, 5.74) is 0. The SMILES string of the molecule is CCCCCCCCCCCCCC1CCCC(=O)N1. The monoisotopic (exact) mass is 281 g/mol. The summed E-state index contributed by atoms with van der Waals surface area (Å²) in [7, 11) is 0. The maximum absolute atomic E-state index is 11.3. The van der Waals surface area contributed by atoms with Crippen molar-refractivity contribution in [1.29, 1.82) is 0 Å². The molecule has 0 bridgehead atoms. The van der Waals surface area contributed by atoms with Gasteiger partial charge in [-0.05, 0) is 19.3 Å². The van der Waals surface area contributed by atoms with Gasteiger partial charge < -0.3 is 5.32 Å². The summed E-state index contributed by atoms with van der Waals surface area (Å²) in [5, 5.41) is 3.11. The van der Waals surface area contributed by atoms with Crippen molar-refractivity contribution in [2.75, 3.05) is 0 Å². The molecule has 1 heterocycles. The zero-order valence-corrected chi connectivity index (χ0v) is 13.6. The largest absolute Gasteiger partial charge is 0.353 e. The standard InChI is InChI=1S/C18H35NO/c1-2-3-4-5-6-7-8-9-10-11-12-14-17-15-13-16-18(20)19-17/h17H,2-16H2,1H3,(H,19,20). The number of nitrogens with one attached hydrogen (secondary N) is 1. The Morgan fingerprint density at radius 3 is 2.00 bits per heavy atom. The summed E-state index contributed by atoms with van der Waals surface area (Å²) < 4.78 is 0. The van der Waals surface area contributed by atoms with Gasteiger partial charge >= 0.3 is 0 Å². The van der Waals surface area contributed by atoms with Crippen LogP contribution in [-0.2, 0) is 4.79 Å². The van der Waals surface area contributed by atoms with Gasteiger partial charge in [-0.2, -0.15) is 0 Å². The summed E-state index contributed by atoms with van der Waals surface area (Å²) in [4.78, 5) is 11.3. The number of rotatable bonds is 12. The summed E-state index contributed by atoms with van der Waals surface area (Å²) in [5.74, 6) is 0.268. The van der Waals surface area contributed by atoms with E-state index in [2.05, 4.69) is 12.2 Å². The van der Waals surface area contributed by atoms with E-state index in [9.17, 15) is 4.79 Å². The molecule has 1 fully saturated rings. The molecule has 1 amide bonds. The smallest absolute Gasteiger partial charge is 0.220 e. The third-order valence-electron chi connectivity index (χ3n) is 4.48. The van der Waals surface area contributed by atoms with Gasteiger partial charge in [0.05, 0.1) is 0 Å². The number of amides is 1. The lowest BCUT2D eigenvalue weighted by atomic mass is 9.98. The molecule has 2 nitrogen and oxygen atoms in total. The molecule has 20 heavy (non-hydrogen) atoms. The maximum Gasteiger partial charge on any atom is 0.220 e. The molecule has 0 spiro atoms. The lowest BCUT2D eigenvalue weighted by molar-refractivity contribution is -0.123. The van der Waals surface area contributed by atoms with Crippen molar-refractivity contribution in [3.8, 4) is 0 Å². The lowest BCUT2D eigenvalue weighted by Crippen LogP contribution is -2.38. The second-order valence-corrected chi connectivity index (χ2v) is 6.48. The van der Waals surface area contributed by atoms with E-state index in [1.807, 2.05) is 0 Å². The van der Waals surface area contributed by atoms with Gasteiger partial charge in [-0.1, -0.05) is 77.6 Å². The Kier molecular flexibility index (Phi) is 10.7. The van der Waals surface area contributed by atoms with E-state index >= 15 is 0 Å². The number of carbonyl (C=O) groups is 1. The number of carbonyl (C=O) groups excluding carboxylic acids is 1. The van der Waals surface area contributed by atoms with Gasteiger partial charge in [0.2, 0.25) is 5.91 Å². The fourth-order valence-electron chi connectivity index (χ4n) is 3.15. The summed E-state index contributed by atoms with van der Waals surface area (Å²) in [6.45, 7) is 2.28. The Morgan fingerprint density at radius 1 is 0.900 bits per heavy atom. The molecule has 0 aromatic rings. The highest BCUT2D eigenvalue weighted by Crippen LogP contribution is 2.16. The molecule has 1 aliphatic rings. The van der Waals surface area contributed by atoms with Gasteiger partial charge in [0, 0.05) is 12.5 Å². The Hall–Kier alpha value is -0.530. The van der Waals surface area contributed by atoms with Crippen LogP contribution in [0.25, 0.3) is 0 Å². The molecule has 1 saturated heterocycles.